The van der Waals surface area contributed by atoms with E-state index in [2.05, 4.69) is 5.32 Å². The summed E-state index contributed by atoms with van der Waals surface area (Å²) in [5.41, 5.74) is 0.721. The Kier molecular flexibility index (Phi) is 4.45. The molecule has 0 aliphatic rings. The van der Waals surface area contributed by atoms with Gasteiger partial charge in [-0.05, 0) is 18.1 Å². The van der Waals surface area contributed by atoms with Crippen molar-refractivity contribution in [1.82, 2.24) is 5.32 Å². The van der Waals surface area contributed by atoms with Crippen molar-refractivity contribution in [2.24, 2.45) is 0 Å². The first-order chi connectivity index (χ1) is 8.04. The van der Waals surface area contributed by atoms with Gasteiger partial charge in [0.05, 0.1) is 12.0 Å². The number of methoxy groups -OCH3 is 1. The van der Waals surface area contributed by atoms with Crippen molar-refractivity contribution in [2.75, 3.05) is 13.7 Å². The van der Waals surface area contributed by atoms with Gasteiger partial charge in [0.25, 0.3) is 0 Å². The van der Waals surface area contributed by atoms with Gasteiger partial charge in [0.15, 0.2) is 5.75 Å². The number of hydrogen-bond acceptors (Lipinski definition) is 4. The van der Waals surface area contributed by atoms with Crippen molar-refractivity contribution >= 4 is 11.6 Å². The molecule has 6 heteroatoms. The summed E-state index contributed by atoms with van der Waals surface area (Å²) in [6, 6.07) is 4.76. The fraction of sp³-hybridized carbons (Fsp3) is 0.364. The van der Waals surface area contributed by atoms with Crippen LogP contribution in [0.25, 0.3) is 0 Å². The number of nitrogens with zero attached hydrogens (tertiary/aromatic N) is 1. The van der Waals surface area contributed by atoms with Crippen LogP contribution in [0.4, 0.5) is 5.69 Å². The molecular formula is C11H14N2O4. The minimum Gasteiger partial charge on any atom is -0.490 e. The molecule has 1 rings (SSSR count). The molecule has 0 spiro atoms. The van der Waals surface area contributed by atoms with Crippen LogP contribution >= 0.6 is 0 Å². The molecule has 6 nitrogen and oxygen atoms in total. The molecule has 1 aromatic rings. The van der Waals surface area contributed by atoms with Gasteiger partial charge in [0.1, 0.15) is 0 Å². The maximum absolute atomic E-state index is 10.8. The lowest BCUT2D eigenvalue weighted by atomic mass is 10.1. The Morgan fingerprint density at radius 2 is 2.24 bits per heavy atom. The molecule has 0 atom stereocenters. The fourth-order valence-electron chi connectivity index (χ4n) is 1.42. The van der Waals surface area contributed by atoms with Crippen molar-refractivity contribution in [3.05, 3.63) is 33.9 Å². The summed E-state index contributed by atoms with van der Waals surface area (Å²) in [5, 5.41) is 13.4. The van der Waals surface area contributed by atoms with E-state index in [4.69, 9.17) is 4.74 Å². The van der Waals surface area contributed by atoms with E-state index in [1.165, 1.54) is 20.1 Å². The highest BCUT2D eigenvalue weighted by Gasteiger charge is 2.14. The van der Waals surface area contributed by atoms with Crippen LogP contribution in [0.15, 0.2) is 18.2 Å². The summed E-state index contributed by atoms with van der Waals surface area (Å²) in [4.78, 5) is 21.0. The zero-order chi connectivity index (χ0) is 12.8. The lowest BCUT2D eigenvalue weighted by Gasteiger charge is -2.05. The maximum Gasteiger partial charge on any atom is 0.311 e. The Morgan fingerprint density at radius 1 is 1.53 bits per heavy atom. The number of nitrogens with one attached hydrogen (secondary N) is 1. The third-order valence-corrected chi connectivity index (χ3v) is 2.23. The summed E-state index contributed by atoms with van der Waals surface area (Å²) in [6.45, 7) is 1.88. The van der Waals surface area contributed by atoms with Crippen LogP contribution in [0.5, 0.6) is 5.75 Å². The van der Waals surface area contributed by atoms with Gasteiger partial charge < -0.3 is 10.1 Å². The largest absolute Gasteiger partial charge is 0.490 e. The number of carbonyl (C=O) groups is 1. The number of benzene rings is 1. The molecule has 1 N–H and O–H groups in total. The quantitative estimate of drug-likeness (QED) is 0.619. The summed E-state index contributed by atoms with van der Waals surface area (Å²) in [5.74, 6) is 0.117. The zero-order valence-electron chi connectivity index (χ0n) is 9.73. The highest BCUT2D eigenvalue weighted by molar-refractivity contribution is 5.72. The molecule has 0 radical (unpaired) electrons. The van der Waals surface area contributed by atoms with E-state index >= 15 is 0 Å². The Labute approximate surface area is 98.7 Å². The topological polar surface area (TPSA) is 81.5 Å². The molecule has 0 saturated carbocycles. The summed E-state index contributed by atoms with van der Waals surface area (Å²) in [7, 11) is 1.39. The van der Waals surface area contributed by atoms with Crippen LogP contribution in [0, 0.1) is 10.1 Å². The van der Waals surface area contributed by atoms with Gasteiger partial charge in [-0.25, -0.2) is 0 Å². The number of hydrogen-bond donors (Lipinski definition) is 1. The number of nitro benzene ring substituents is 1. The average molecular weight is 238 g/mol. The second-order valence-corrected chi connectivity index (χ2v) is 3.50. The number of carbonyl (C=O) groups excluding carboxylic acids is 1. The normalized spacial score (nSPS) is 9.76. The van der Waals surface area contributed by atoms with E-state index in [0.29, 0.717) is 13.0 Å². The smallest absolute Gasteiger partial charge is 0.311 e. The first-order valence-electron chi connectivity index (χ1n) is 5.10. The molecule has 0 bridgehead atoms. The van der Waals surface area contributed by atoms with Gasteiger partial charge in [0.2, 0.25) is 5.91 Å². The molecule has 0 aromatic heterocycles. The molecule has 1 aromatic carbocycles. The lowest BCUT2D eigenvalue weighted by Crippen LogP contribution is -2.22. The second-order valence-electron chi connectivity index (χ2n) is 3.50. The van der Waals surface area contributed by atoms with Crippen molar-refractivity contribution in [1.29, 1.82) is 0 Å². The summed E-state index contributed by atoms with van der Waals surface area (Å²) in [6.07, 6.45) is 0.546. The number of ether oxygens (including phenoxy) is 1. The first kappa shape index (κ1) is 13.0. The predicted octanol–water partition coefficient (Wildman–Crippen LogP) is 1.28. The molecule has 1 amide bonds. The van der Waals surface area contributed by atoms with Gasteiger partial charge in [-0.2, -0.15) is 0 Å². The molecule has 92 valence electrons. The van der Waals surface area contributed by atoms with E-state index < -0.39 is 4.92 Å². The number of nitro groups is 1. The summed E-state index contributed by atoms with van der Waals surface area (Å²) < 4.78 is 4.89. The van der Waals surface area contributed by atoms with Gasteiger partial charge in [0, 0.05) is 19.5 Å². The third kappa shape index (κ3) is 3.75. The Morgan fingerprint density at radius 3 is 2.76 bits per heavy atom. The average Bonchev–Trinajstić information content (AvgIpc) is 2.28. The predicted molar refractivity (Wildman–Crippen MR) is 62.0 cm³/mol. The van der Waals surface area contributed by atoms with E-state index in [1.54, 1.807) is 12.1 Å². The van der Waals surface area contributed by atoms with Crippen LogP contribution in [0.1, 0.15) is 12.5 Å². The molecule has 0 aliphatic heterocycles. The van der Waals surface area contributed by atoms with Gasteiger partial charge in [-0.15, -0.1) is 0 Å². The highest BCUT2D eigenvalue weighted by atomic mass is 16.6. The number of amides is 1. The Hall–Kier alpha value is -2.11. The van der Waals surface area contributed by atoms with Crippen molar-refractivity contribution in [3.8, 4) is 5.75 Å². The molecule has 0 unspecified atom stereocenters. The van der Waals surface area contributed by atoms with Crippen LogP contribution in [0.3, 0.4) is 0 Å². The van der Waals surface area contributed by atoms with Crippen LogP contribution < -0.4 is 10.1 Å². The van der Waals surface area contributed by atoms with E-state index in [0.717, 1.165) is 5.56 Å². The van der Waals surface area contributed by atoms with Gasteiger partial charge in [-0.1, -0.05) is 6.07 Å². The Bertz CT molecular complexity index is 431. The van der Waals surface area contributed by atoms with E-state index in [9.17, 15) is 14.9 Å². The fourth-order valence-corrected chi connectivity index (χ4v) is 1.42. The highest BCUT2D eigenvalue weighted by Crippen LogP contribution is 2.27. The standard InChI is InChI=1S/C11H14N2O4/c1-8(14)12-6-5-9-3-4-11(17-2)10(7-9)13(15)16/h3-4,7H,5-6H2,1-2H3,(H,12,14). The van der Waals surface area contributed by atoms with Crippen LogP contribution in [-0.2, 0) is 11.2 Å². The van der Waals surface area contributed by atoms with E-state index in [1.807, 2.05) is 0 Å². The first-order valence-corrected chi connectivity index (χ1v) is 5.10. The zero-order valence-corrected chi connectivity index (χ0v) is 9.73. The molecule has 0 aliphatic carbocycles. The minimum atomic E-state index is -0.485. The second kappa shape index (κ2) is 5.83. The molecule has 0 fully saturated rings. The summed E-state index contributed by atoms with van der Waals surface area (Å²) >= 11 is 0. The molecule has 0 heterocycles. The van der Waals surface area contributed by atoms with E-state index in [-0.39, 0.29) is 17.3 Å². The van der Waals surface area contributed by atoms with Gasteiger partial charge in [-0.3, -0.25) is 14.9 Å². The minimum absolute atomic E-state index is 0.0622. The molecular weight excluding hydrogens is 224 g/mol. The number of rotatable bonds is 5. The van der Waals surface area contributed by atoms with Crippen LogP contribution in [0.2, 0.25) is 0 Å². The van der Waals surface area contributed by atoms with Crippen molar-refractivity contribution in [2.45, 2.75) is 13.3 Å². The van der Waals surface area contributed by atoms with Crippen LogP contribution in [-0.4, -0.2) is 24.5 Å². The molecule has 0 saturated heterocycles. The SMILES string of the molecule is COc1ccc(CCNC(C)=O)cc1[N+](=O)[O-]. The van der Waals surface area contributed by atoms with Crippen molar-refractivity contribution < 1.29 is 14.5 Å². The lowest BCUT2D eigenvalue weighted by molar-refractivity contribution is -0.385. The Balaban J connectivity index is 2.78. The maximum atomic E-state index is 10.8. The van der Waals surface area contributed by atoms with Crippen molar-refractivity contribution in [3.63, 3.8) is 0 Å². The monoisotopic (exact) mass is 238 g/mol. The molecule has 17 heavy (non-hydrogen) atoms. The van der Waals surface area contributed by atoms with Gasteiger partial charge >= 0.3 is 5.69 Å². The third-order valence-electron chi connectivity index (χ3n) is 2.23.